The van der Waals surface area contributed by atoms with Crippen molar-refractivity contribution in [2.24, 2.45) is 0 Å². The fourth-order valence-corrected chi connectivity index (χ4v) is 3.74. The second-order valence-electron chi connectivity index (χ2n) is 4.72. The number of anilines is 1. The Labute approximate surface area is 122 Å². The van der Waals surface area contributed by atoms with E-state index in [1.807, 2.05) is 30.3 Å². The van der Waals surface area contributed by atoms with E-state index < -0.39 is 15.5 Å². The second-order valence-corrected chi connectivity index (χ2v) is 6.92. The second kappa shape index (κ2) is 5.14. The number of sulfonamides is 1. The fraction of sp³-hybridized carbons (Fsp3) is 0.286. The lowest BCUT2D eigenvalue weighted by atomic mass is 10.1. The van der Waals surface area contributed by atoms with E-state index in [0.717, 1.165) is 10.8 Å². The maximum atomic E-state index is 12.1. The summed E-state index contributed by atoms with van der Waals surface area (Å²) < 4.78 is 32.5. The minimum Gasteiger partial charge on any atom is -0.470 e. The number of halogens is 1. The molecule has 1 aliphatic heterocycles. The Morgan fingerprint density at radius 3 is 2.60 bits per heavy atom. The highest BCUT2D eigenvalue weighted by Crippen LogP contribution is 2.36. The van der Waals surface area contributed by atoms with Crippen molar-refractivity contribution >= 4 is 38.1 Å². The van der Waals surface area contributed by atoms with Crippen LogP contribution in [0.3, 0.4) is 0 Å². The molecule has 0 fully saturated rings. The van der Waals surface area contributed by atoms with Crippen LogP contribution in [0.25, 0.3) is 10.8 Å². The zero-order valence-electron chi connectivity index (χ0n) is 10.7. The van der Waals surface area contributed by atoms with Gasteiger partial charge in [0.15, 0.2) is 0 Å². The summed E-state index contributed by atoms with van der Waals surface area (Å²) in [6.45, 7) is 0. The first-order valence-electron chi connectivity index (χ1n) is 6.37. The van der Waals surface area contributed by atoms with E-state index in [2.05, 4.69) is 4.72 Å². The molecule has 0 bridgehead atoms. The molecule has 0 saturated heterocycles. The Morgan fingerprint density at radius 2 is 1.90 bits per heavy atom. The first kappa shape index (κ1) is 13.5. The van der Waals surface area contributed by atoms with E-state index in [9.17, 15) is 8.42 Å². The van der Waals surface area contributed by atoms with Gasteiger partial charge in [0.2, 0.25) is 5.44 Å². The van der Waals surface area contributed by atoms with Gasteiger partial charge in [-0.1, -0.05) is 24.3 Å². The molecule has 0 radical (unpaired) electrons. The highest BCUT2D eigenvalue weighted by Gasteiger charge is 2.33. The molecule has 0 saturated carbocycles. The van der Waals surface area contributed by atoms with Crippen LogP contribution in [0.2, 0.25) is 0 Å². The van der Waals surface area contributed by atoms with Gasteiger partial charge in [-0.15, -0.1) is 11.6 Å². The topological polar surface area (TPSA) is 55.4 Å². The van der Waals surface area contributed by atoms with Gasteiger partial charge in [0.05, 0.1) is 5.69 Å². The average Bonchev–Trinajstić information content (AvgIpc) is 2.42. The Kier molecular flexibility index (Phi) is 3.48. The number of alkyl halides is 1. The molecule has 6 heteroatoms. The van der Waals surface area contributed by atoms with Gasteiger partial charge in [-0.25, -0.2) is 8.42 Å². The molecule has 1 atom stereocenters. The predicted octanol–water partition coefficient (Wildman–Crippen LogP) is 3.32. The molecule has 1 N–H and O–H groups in total. The number of rotatable bonds is 3. The highest BCUT2D eigenvalue weighted by atomic mass is 35.5. The van der Waals surface area contributed by atoms with Crippen molar-refractivity contribution in [1.29, 1.82) is 0 Å². The first-order valence-corrected chi connectivity index (χ1v) is 8.45. The van der Waals surface area contributed by atoms with Crippen LogP contribution in [0.4, 0.5) is 5.69 Å². The Morgan fingerprint density at radius 1 is 1.20 bits per heavy atom. The molecule has 2 aromatic rings. The molecule has 3 rings (SSSR count). The van der Waals surface area contributed by atoms with Crippen LogP contribution >= 0.6 is 11.6 Å². The largest absolute Gasteiger partial charge is 0.470 e. The molecular weight excluding hydrogens is 298 g/mol. The quantitative estimate of drug-likeness (QED) is 0.885. The number of nitrogens with one attached hydrogen (secondary N) is 1. The maximum Gasteiger partial charge on any atom is 0.271 e. The Balaban J connectivity index is 2.02. The lowest BCUT2D eigenvalue weighted by molar-refractivity contribution is 0.260. The van der Waals surface area contributed by atoms with E-state index in [-0.39, 0.29) is 0 Å². The van der Waals surface area contributed by atoms with Gasteiger partial charge < -0.3 is 4.74 Å². The van der Waals surface area contributed by atoms with Crippen LogP contribution in [-0.4, -0.2) is 19.7 Å². The van der Waals surface area contributed by atoms with Crippen molar-refractivity contribution in [2.45, 2.75) is 18.3 Å². The molecule has 0 amide bonds. The van der Waals surface area contributed by atoms with Gasteiger partial charge in [-0.3, -0.25) is 4.72 Å². The molecule has 1 aliphatic rings. The molecule has 0 aromatic heterocycles. The van der Waals surface area contributed by atoms with Crippen molar-refractivity contribution in [3.05, 3.63) is 36.4 Å². The third kappa shape index (κ3) is 2.43. The SMILES string of the molecule is O=S1(=O)Nc2cc3ccccc3cc2OC1CCCCl. The summed E-state index contributed by atoms with van der Waals surface area (Å²) in [5.41, 5.74) is -0.388. The van der Waals surface area contributed by atoms with Crippen LogP contribution in [0.5, 0.6) is 5.75 Å². The fourth-order valence-electron chi connectivity index (χ4n) is 2.28. The molecule has 4 nitrogen and oxygen atoms in total. The number of benzene rings is 2. The summed E-state index contributed by atoms with van der Waals surface area (Å²) in [5.74, 6) is 0.984. The molecule has 2 aromatic carbocycles. The van der Waals surface area contributed by atoms with Gasteiger partial charge in [0.1, 0.15) is 5.75 Å². The molecular formula is C14H14ClNO3S. The zero-order chi connectivity index (χ0) is 14.2. The predicted molar refractivity (Wildman–Crippen MR) is 80.9 cm³/mol. The minimum absolute atomic E-state index is 0.380. The Bertz CT molecular complexity index is 745. The first-order chi connectivity index (χ1) is 9.60. The number of hydrogen-bond acceptors (Lipinski definition) is 3. The van der Waals surface area contributed by atoms with E-state index in [0.29, 0.717) is 30.2 Å². The molecule has 106 valence electrons. The van der Waals surface area contributed by atoms with Gasteiger partial charge >= 0.3 is 0 Å². The maximum absolute atomic E-state index is 12.1. The third-order valence-corrected chi connectivity index (χ3v) is 5.07. The van der Waals surface area contributed by atoms with Crippen LogP contribution in [0, 0.1) is 0 Å². The number of fused-ring (bicyclic) bond motifs is 2. The van der Waals surface area contributed by atoms with Crippen LogP contribution in [0.1, 0.15) is 12.8 Å². The van der Waals surface area contributed by atoms with Crippen molar-refractivity contribution in [2.75, 3.05) is 10.6 Å². The minimum atomic E-state index is -3.51. The van der Waals surface area contributed by atoms with Crippen molar-refractivity contribution in [3.63, 3.8) is 0 Å². The summed E-state index contributed by atoms with van der Waals surface area (Å²) in [6, 6.07) is 11.4. The lowest BCUT2D eigenvalue weighted by Gasteiger charge is -2.27. The lowest BCUT2D eigenvalue weighted by Crippen LogP contribution is -2.36. The summed E-state index contributed by atoms with van der Waals surface area (Å²) in [7, 11) is -3.51. The van der Waals surface area contributed by atoms with Gasteiger partial charge in [-0.2, -0.15) is 0 Å². The third-order valence-electron chi connectivity index (χ3n) is 3.28. The average molecular weight is 312 g/mol. The van der Waals surface area contributed by atoms with Crippen molar-refractivity contribution in [1.82, 2.24) is 0 Å². The van der Waals surface area contributed by atoms with Crippen molar-refractivity contribution in [3.8, 4) is 5.75 Å². The molecule has 20 heavy (non-hydrogen) atoms. The van der Waals surface area contributed by atoms with E-state index in [4.69, 9.17) is 16.3 Å². The summed E-state index contributed by atoms with van der Waals surface area (Å²) in [6.07, 6.45) is 0.973. The van der Waals surface area contributed by atoms with Crippen LogP contribution in [-0.2, 0) is 10.0 Å². The summed E-state index contributed by atoms with van der Waals surface area (Å²) >= 11 is 5.62. The standard InChI is InChI=1S/C14H14ClNO3S/c15-7-3-6-14-19-13-9-11-5-2-1-4-10(11)8-12(13)16-20(14,17)18/h1-2,4-5,8-9,14,16H,3,6-7H2. The van der Waals surface area contributed by atoms with Gasteiger partial charge in [-0.05, 0) is 29.3 Å². The zero-order valence-corrected chi connectivity index (χ0v) is 12.2. The van der Waals surface area contributed by atoms with Crippen LogP contribution < -0.4 is 9.46 Å². The van der Waals surface area contributed by atoms with Crippen molar-refractivity contribution < 1.29 is 13.2 Å². The number of ether oxygens (including phenoxy) is 1. The normalized spacial score (nSPS) is 19.9. The van der Waals surface area contributed by atoms with Crippen LogP contribution in [0.15, 0.2) is 36.4 Å². The van der Waals surface area contributed by atoms with Gasteiger partial charge in [0, 0.05) is 12.3 Å². The van der Waals surface area contributed by atoms with E-state index in [1.165, 1.54) is 0 Å². The highest BCUT2D eigenvalue weighted by molar-refractivity contribution is 7.93. The molecule has 1 heterocycles. The molecule has 0 spiro atoms. The number of hydrogen-bond donors (Lipinski definition) is 1. The summed E-state index contributed by atoms with van der Waals surface area (Å²) in [4.78, 5) is 0. The monoisotopic (exact) mass is 311 g/mol. The summed E-state index contributed by atoms with van der Waals surface area (Å²) in [5, 5.41) is 1.99. The molecule has 0 aliphatic carbocycles. The smallest absolute Gasteiger partial charge is 0.271 e. The van der Waals surface area contributed by atoms with E-state index in [1.54, 1.807) is 6.07 Å². The van der Waals surface area contributed by atoms with Gasteiger partial charge in [0.25, 0.3) is 10.0 Å². The Hall–Kier alpha value is -1.46. The van der Waals surface area contributed by atoms with E-state index >= 15 is 0 Å². The molecule has 1 unspecified atom stereocenters.